The summed E-state index contributed by atoms with van der Waals surface area (Å²) in [4.78, 5) is 23.4. The number of carbonyl (C=O) groups is 2. The van der Waals surface area contributed by atoms with Gasteiger partial charge in [0, 0.05) is 10.7 Å². The van der Waals surface area contributed by atoms with Crippen LogP contribution in [0.1, 0.15) is 18.2 Å². The van der Waals surface area contributed by atoms with Crippen LogP contribution in [0.2, 0.25) is 5.02 Å². The summed E-state index contributed by atoms with van der Waals surface area (Å²) in [5.74, 6) is -1.22. The third kappa shape index (κ3) is 3.95. The third-order valence-corrected chi connectivity index (χ3v) is 3.25. The molecule has 0 saturated heterocycles. The number of aryl methyl sites for hydroxylation is 1. The zero-order valence-electron chi connectivity index (χ0n) is 12.0. The van der Waals surface area contributed by atoms with Crippen LogP contribution in [0.5, 0.6) is 0 Å². The molecular weight excluding hydrogens is 306 g/mol. The number of rotatable bonds is 3. The summed E-state index contributed by atoms with van der Waals surface area (Å²) < 4.78 is 5.11. The molecule has 1 aromatic carbocycles. The maximum absolute atomic E-state index is 11.7. The van der Waals surface area contributed by atoms with E-state index in [4.69, 9.17) is 16.0 Å². The Morgan fingerprint density at radius 2 is 2.00 bits per heavy atom. The smallest absolute Gasteiger partial charge is 0.329 e. The van der Waals surface area contributed by atoms with E-state index < -0.39 is 11.8 Å². The fourth-order valence-electron chi connectivity index (χ4n) is 1.58. The Labute approximate surface area is 132 Å². The molecule has 0 aliphatic rings. The number of halogens is 1. The zero-order valence-corrected chi connectivity index (χ0v) is 12.8. The number of nitrogens with one attached hydrogen (secondary N) is 2. The molecule has 0 aliphatic carbocycles. The predicted molar refractivity (Wildman–Crippen MR) is 83.9 cm³/mol. The number of benzene rings is 1. The number of amides is 2. The van der Waals surface area contributed by atoms with Crippen LogP contribution in [-0.2, 0) is 9.59 Å². The molecule has 2 amide bonds. The van der Waals surface area contributed by atoms with Crippen molar-refractivity contribution in [3.8, 4) is 0 Å². The Morgan fingerprint density at radius 1 is 1.23 bits per heavy atom. The Bertz CT molecular complexity index is 724. The zero-order chi connectivity index (χ0) is 16.1. The molecule has 1 heterocycles. The van der Waals surface area contributed by atoms with Crippen molar-refractivity contribution in [2.45, 2.75) is 13.8 Å². The lowest BCUT2D eigenvalue weighted by molar-refractivity contribution is -0.136. The van der Waals surface area contributed by atoms with Gasteiger partial charge in [0.2, 0.25) is 0 Å². The molecule has 2 rings (SSSR count). The lowest BCUT2D eigenvalue weighted by atomic mass is 10.2. The van der Waals surface area contributed by atoms with Gasteiger partial charge in [0.05, 0.1) is 6.26 Å². The van der Waals surface area contributed by atoms with E-state index >= 15 is 0 Å². The lowest BCUT2D eigenvalue weighted by Gasteiger charge is -2.06. The topological polar surface area (TPSA) is 83.7 Å². The standard InChI is InChI=1S/C15H14ClN3O3/c1-9-5-6-11(8-12(9)16)17-14(20)15(21)19-18-10(2)13-4-3-7-22-13/h3-8H,1-2H3,(H,17,20)(H,19,21). The summed E-state index contributed by atoms with van der Waals surface area (Å²) in [7, 11) is 0. The minimum atomic E-state index is -0.886. The Balaban J connectivity index is 1.96. The highest BCUT2D eigenvalue weighted by molar-refractivity contribution is 6.40. The van der Waals surface area contributed by atoms with Crippen LogP contribution >= 0.6 is 11.6 Å². The van der Waals surface area contributed by atoms with Gasteiger partial charge in [-0.15, -0.1) is 0 Å². The molecule has 0 saturated carbocycles. The summed E-state index contributed by atoms with van der Waals surface area (Å²) in [6.45, 7) is 3.49. The van der Waals surface area contributed by atoms with Crippen molar-refractivity contribution in [2.24, 2.45) is 5.10 Å². The molecule has 114 valence electrons. The van der Waals surface area contributed by atoms with Crippen LogP contribution < -0.4 is 10.7 Å². The van der Waals surface area contributed by atoms with E-state index in [1.165, 1.54) is 6.26 Å². The van der Waals surface area contributed by atoms with Crippen LogP contribution in [0, 0.1) is 6.92 Å². The van der Waals surface area contributed by atoms with E-state index in [-0.39, 0.29) is 0 Å². The van der Waals surface area contributed by atoms with E-state index in [2.05, 4.69) is 15.8 Å². The molecule has 1 aromatic heterocycles. The molecule has 0 spiro atoms. The van der Waals surface area contributed by atoms with Crippen LogP contribution in [0.4, 0.5) is 5.69 Å². The highest BCUT2D eigenvalue weighted by Crippen LogP contribution is 2.19. The largest absolute Gasteiger partial charge is 0.463 e. The first kappa shape index (κ1) is 15.8. The maximum atomic E-state index is 11.7. The van der Waals surface area contributed by atoms with Crippen LogP contribution in [0.3, 0.4) is 0 Å². The number of hydrazone groups is 1. The number of furan rings is 1. The van der Waals surface area contributed by atoms with Crippen molar-refractivity contribution in [1.29, 1.82) is 0 Å². The predicted octanol–water partition coefficient (Wildman–Crippen LogP) is 2.72. The van der Waals surface area contributed by atoms with Gasteiger partial charge in [0.1, 0.15) is 11.5 Å². The highest BCUT2D eigenvalue weighted by atomic mass is 35.5. The van der Waals surface area contributed by atoms with E-state index in [1.54, 1.807) is 37.3 Å². The second kappa shape index (κ2) is 6.91. The van der Waals surface area contributed by atoms with Crippen molar-refractivity contribution in [3.63, 3.8) is 0 Å². The highest BCUT2D eigenvalue weighted by Gasteiger charge is 2.14. The van der Waals surface area contributed by atoms with Gasteiger partial charge in [-0.1, -0.05) is 17.7 Å². The van der Waals surface area contributed by atoms with Gasteiger partial charge < -0.3 is 9.73 Å². The van der Waals surface area contributed by atoms with E-state index in [9.17, 15) is 9.59 Å². The first-order valence-corrected chi connectivity index (χ1v) is 6.81. The fraction of sp³-hybridized carbons (Fsp3) is 0.133. The fourth-order valence-corrected chi connectivity index (χ4v) is 1.76. The monoisotopic (exact) mass is 319 g/mol. The van der Waals surface area contributed by atoms with Gasteiger partial charge in [0.15, 0.2) is 0 Å². The van der Waals surface area contributed by atoms with E-state index in [1.807, 2.05) is 6.92 Å². The van der Waals surface area contributed by atoms with Gasteiger partial charge in [-0.3, -0.25) is 9.59 Å². The van der Waals surface area contributed by atoms with E-state index in [0.717, 1.165) is 5.56 Å². The molecule has 2 N–H and O–H groups in total. The van der Waals surface area contributed by atoms with Crippen molar-refractivity contribution < 1.29 is 14.0 Å². The molecule has 2 aromatic rings. The van der Waals surface area contributed by atoms with Crippen molar-refractivity contribution in [3.05, 3.63) is 52.9 Å². The second-order valence-electron chi connectivity index (χ2n) is 4.53. The molecule has 6 nitrogen and oxygen atoms in total. The lowest BCUT2D eigenvalue weighted by Crippen LogP contribution is -2.32. The number of hydrogen-bond donors (Lipinski definition) is 2. The SMILES string of the molecule is CC(=NNC(=O)C(=O)Nc1ccc(C)c(Cl)c1)c1ccco1. The summed E-state index contributed by atoms with van der Waals surface area (Å²) >= 11 is 5.95. The number of hydrogen-bond acceptors (Lipinski definition) is 4. The van der Waals surface area contributed by atoms with Gasteiger partial charge >= 0.3 is 11.8 Å². The molecule has 0 bridgehead atoms. The Hall–Kier alpha value is -2.60. The molecular formula is C15H14ClN3O3. The summed E-state index contributed by atoms with van der Waals surface area (Å²) in [6.07, 6.45) is 1.49. The van der Waals surface area contributed by atoms with Crippen molar-refractivity contribution in [2.75, 3.05) is 5.32 Å². The number of anilines is 1. The summed E-state index contributed by atoms with van der Waals surface area (Å²) in [6, 6.07) is 8.36. The van der Waals surface area contributed by atoms with Crippen molar-refractivity contribution >= 4 is 34.8 Å². The average Bonchev–Trinajstić information content (AvgIpc) is 3.02. The van der Waals surface area contributed by atoms with Gasteiger partial charge in [-0.05, 0) is 43.7 Å². The normalized spacial score (nSPS) is 11.1. The van der Waals surface area contributed by atoms with Crippen LogP contribution in [0.25, 0.3) is 0 Å². The molecule has 0 unspecified atom stereocenters. The minimum Gasteiger partial charge on any atom is -0.463 e. The quantitative estimate of drug-likeness (QED) is 0.518. The van der Waals surface area contributed by atoms with Crippen molar-refractivity contribution in [1.82, 2.24) is 5.43 Å². The molecule has 7 heteroatoms. The molecule has 0 radical (unpaired) electrons. The number of carbonyl (C=O) groups excluding carboxylic acids is 2. The van der Waals surface area contributed by atoms with Crippen LogP contribution in [0.15, 0.2) is 46.1 Å². The first-order chi connectivity index (χ1) is 10.5. The molecule has 0 fully saturated rings. The Kier molecular flexibility index (Phi) is 4.95. The van der Waals surface area contributed by atoms with Crippen LogP contribution in [-0.4, -0.2) is 17.5 Å². The summed E-state index contributed by atoms with van der Waals surface area (Å²) in [5.41, 5.74) is 3.92. The summed E-state index contributed by atoms with van der Waals surface area (Å²) in [5, 5.41) is 6.74. The average molecular weight is 320 g/mol. The number of nitrogens with zero attached hydrogens (tertiary/aromatic N) is 1. The third-order valence-electron chi connectivity index (χ3n) is 2.84. The maximum Gasteiger partial charge on any atom is 0.329 e. The molecule has 0 atom stereocenters. The Morgan fingerprint density at radius 3 is 2.64 bits per heavy atom. The second-order valence-corrected chi connectivity index (χ2v) is 4.94. The van der Waals surface area contributed by atoms with E-state index in [0.29, 0.717) is 22.2 Å². The molecule has 0 aliphatic heterocycles. The first-order valence-electron chi connectivity index (χ1n) is 6.43. The molecule has 22 heavy (non-hydrogen) atoms. The minimum absolute atomic E-state index is 0.433. The van der Waals surface area contributed by atoms with Gasteiger partial charge in [-0.2, -0.15) is 5.10 Å². The van der Waals surface area contributed by atoms with Gasteiger partial charge in [-0.25, -0.2) is 5.43 Å². The van der Waals surface area contributed by atoms with Gasteiger partial charge in [0.25, 0.3) is 0 Å².